The van der Waals surface area contributed by atoms with E-state index in [-0.39, 0.29) is 12.5 Å². The van der Waals surface area contributed by atoms with E-state index in [0.717, 1.165) is 37.6 Å². The van der Waals surface area contributed by atoms with Gasteiger partial charge in [0.2, 0.25) is 0 Å². The third-order valence-corrected chi connectivity index (χ3v) is 4.49. The van der Waals surface area contributed by atoms with E-state index in [1.807, 2.05) is 24.3 Å². The molecular formula is C20H24N4O3. The minimum Gasteiger partial charge on any atom is -0.484 e. The Labute approximate surface area is 158 Å². The summed E-state index contributed by atoms with van der Waals surface area (Å²) in [6, 6.07) is 14.4. The summed E-state index contributed by atoms with van der Waals surface area (Å²) in [5, 5.41) is 2.88. The smallest absolute Gasteiger partial charge is 0.255 e. The number of anilines is 2. The molecule has 0 unspecified atom stereocenters. The van der Waals surface area contributed by atoms with Crippen molar-refractivity contribution in [3.8, 4) is 5.75 Å². The van der Waals surface area contributed by atoms with Gasteiger partial charge >= 0.3 is 0 Å². The molecule has 0 spiro atoms. The molecule has 3 rings (SSSR count). The van der Waals surface area contributed by atoms with Crippen LogP contribution < -0.4 is 20.7 Å². The van der Waals surface area contributed by atoms with Gasteiger partial charge in [-0.25, -0.2) is 0 Å². The zero-order valence-electron chi connectivity index (χ0n) is 15.4. The maximum atomic E-state index is 12.4. The zero-order valence-corrected chi connectivity index (χ0v) is 15.4. The van der Waals surface area contributed by atoms with Crippen molar-refractivity contribution < 1.29 is 14.3 Å². The first kappa shape index (κ1) is 18.7. The number of amides is 2. The summed E-state index contributed by atoms with van der Waals surface area (Å²) in [6.07, 6.45) is 0. The average molecular weight is 368 g/mol. The first-order valence-electron chi connectivity index (χ1n) is 8.87. The third kappa shape index (κ3) is 5.21. The number of hydrogen-bond donors (Lipinski definition) is 2. The zero-order chi connectivity index (χ0) is 19.2. The molecule has 0 saturated carbocycles. The Balaban J connectivity index is 1.56. The lowest BCUT2D eigenvalue weighted by atomic mass is 10.2. The quantitative estimate of drug-likeness (QED) is 0.808. The molecule has 1 fully saturated rings. The minimum atomic E-state index is -0.545. The Bertz CT molecular complexity index is 782. The number of likely N-dealkylation sites (N-methyl/N-ethyl adjacent to an activating group) is 1. The predicted molar refractivity (Wildman–Crippen MR) is 105 cm³/mol. The van der Waals surface area contributed by atoms with Crippen LogP contribution in [0.4, 0.5) is 11.4 Å². The van der Waals surface area contributed by atoms with E-state index in [1.165, 1.54) is 0 Å². The Morgan fingerprint density at radius 2 is 1.63 bits per heavy atom. The van der Waals surface area contributed by atoms with E-state index in [4.69, 9.17) is 10.5 Å². The lowest BCUT2D eigenvalue weighted by molar-refractivity contribution is -0.119. The van der Waals surface area contributed by atoms with Gasteiger partial charge in [-0.05, 0) is 55.6 Å². The summed E-state index contributed by atoms with van der Waals surface area (Å²) in [4.78, 5) is 27.7. The Morgan fingerprint density at radius 1 is 1.00 bits per heavy atom. The Kier molecular flexibility index (Phi) is 5.93. The van der Waals surface area contributed by atoms with Crippen molar-refractivity contribution in [2.75, 3.05) is 50.1 Å². The van der Waals surface area contributed by atoms with Gasteiger partial charge in [-0.3, -0.25) is 9.59 Å². The summed E-state index contributed by atoms with van der Waals surface area (Å²) in [5.41, 5.74) is 7.45. The number of primary amides is 1. The van der Waals surface area contributed by atoms with Crippen LogP contribution in [0.2, 0.25) is 0 Å². The monoisotopic (exact) mass is 368 g/mol. The number of nitrogens with zero attached hydrogens (tertiary/aromatic N) is 2. The van der Waals surface area contributed by atoms with E-state index >= 15 is 0 Å². The van der Waals surface area contributed by atoms with Gasteiger partial charge in [-0.2, -0.15) is 0 Å². The number of nitrogens with one attached hydrogen (secondary N) is 1. The first-order valence-corrected chi connectivity index (χ1v) is 8.87. The topological polar surface area (TPSA) is 87.9 Å². The number of ether oxygens (including phenoxy) is 1. The molecule has 27 heavy (non-hydrogen) atoms. The number of hydrogen-bond acceptors (Lipinski definition) is 5. The molecular weight excluding hydrogens is 344 g/mol. The molecule has 2 aromatic carbocycles. The van der Waals surface area contributed by atoms with Gasteiger partial charge in [0, 0.05) is 43.1 Å². The second-order valence-corrected chi connectivity index (χ2v) is 6.57. The molecule has 0 atom stereocenters. The normalized spacial score (nSPS) is 14.6. The fourth-order valence-electron chi connectivity index (χ4n) is 2.88. The number of nitrogens with two attached hydrogens (primary N) is 1. The summed E-state index contributed by atoms with van der Waals surface area (Å²) >= 11 is 0. The van der Waals surface area contributed by atoms with Crippen LogP contribution in [0.15, 0.2) is 48.5 Å². The van der Waals surface area contributed by atoms with Crippen molar-refractivity contribution in [2.24, 2.45) is 5.73 Å². The van der Waals surface area contributed by atoms with Crippen molar-refractivity contribution in [3.63, 3.8) is 0 Å². The molecule has 7 heteroatoms. The van der Waals surface area contributed by atoms with Crippen molar-refractivity contribution in [3.05, 3.63) is 54.1 Å². The largest absolute Gasteiger partial charge is 0.484 e. The second kappa shape index (κ2) is 8.55. The van der Waals surface area contributed by atoms with Crippen molar-refractivity contribution in [1.82, 2.24) is 4.90 Å². The molecule has 0 aliphatic carbocycles. The van der Waals surface area contributed by atoms with Gasteiger partial charge in [0.05, 0.1) is 0 Å². The molecule has 0 bridgehead atoms. The van der Waals surface area contributed by atoms with Gasteiger partial charge in [0.1, 0.15) is 5.75 Å². The van der Waals surface area contributed by atoms with E-state index < -0.39 is 5.91 Å². The van der Waals surface area contributed by atoms with Gasteiger partial charge in [0.15, 0.2) is 6.61 Å². The van der Waals surface area contributed by atoms with Crippen molar-refractivity contribution in [2.45, 2.75) is 0 Å². The Hall–Kier alpha value is -3.06. The van der Waals surface area contributed by atoms with Crippen LogP contribution in [0.25, 0.3) is 0 Å². The van der Waals surface area contributed by atoms with Crippen LogP contribution in [0, 0.1) is 0 Å². The number of carbonyl (C=O) groups is 2. The minimum absolute atomic E-state index is 0.189. The lowest BCUT2D eigenvalue weighted by Gasteiger charge is -2.34. The first-order chi connectivity index (χ1) is 13.0. The number of rotatable bonds is 6. The third-order valence-electron chi connectivity index (χ3n) is 4.49. The standard InChI is InChI=1S/C20H24N4O3/c1-23-10-12-24(13-11-23)17-6-4-16(5-7-17)22-20(26)15-2-8-18(9-3-15)27-14-19(21)25/h2-9H,10-14H2,1H3,(H2,21,25)(H,22,26). The molecule has 142 valence electrons. The molecule has 2 amide bonds. The molecule has 1 aliphatic heterocycles. The summed E-state index contributed by atoms with van der Waals surface area (Å²) < 4.78 is 5.18. The van der Waals surface area contributed by atoms with Gasteiger partial charge < -0.3 is 25.6 Å². The molecule has 2 aromatic rings. The molecule has 3 N–H and O–H groups in total. The van der Waals surface area contributed by atoms with Crippen LogP contribution in [0.1, 0.15) is 10.4 Å². The fraction of sp³-hybridized carbons (Fsp3) is 0.300. The van der Waals surface area contributed by atoms with Gasteiger partial charge in [-0.1, -0.05) is 0 Å². The van der Waals surface area contributed by atoms with Gasteiger partial charge in [-0.15, -0.1) is 0 Å². The van der Waals surface area contributed by atoms with Crippen LogP contribution >= 0.6 is 0 Å². The molecule has 0 radical (unpaired) electrons. The fourth-order valence-corrected chi connectivity index (χ4v) is 2.88. The van der Waals surface area contributed by atoms with Crippen molar-refractivity contribution >= 4 is 23.2 Å². The lowest BCUT2D eigenvalue weighted by Crippen LogP contribution is -2.44. The molecule has 0 aromatic heterocycles. The second-order valence-electron chi connectivity index (χ2n) is 6.57. The number of piperazine rings is 1. The average Bonchev–Trinajstić information content (AvgIpc) is 2.68. The van der Waals surface area contributed by atoms with E-state index in [0.29, 0.717) is 11.3 Å². The highest BCUT2D eigenvalue weighted by atomic mass is 16.5. The maximum Gasteiger partial charge on any atom is 0.255 e. The maximum absolute atomic E-state index is 12.4. The summed E-state index contributed by atoms with van der Waals surface area (Å²) in [5.74, 6) is -0.262. The SMILES string of the molecule is CN1CCN(c2ccc(NC(=O)c3ccc(OCC(N)=O)cc3)cc2)CC1. The highest BCUT2D eigenvalue weighted by Crippen LogP contribution is 2.20. The van der Waals surface area contributed by atoms with Crippen LogP contribution in [-0.4, -0.2) is 56.5 Å². The highest BCUT2D eigenvalue weighted by molar-refractivity contribution is 6.04. The van der Waals surface area contributed by atoms with E-state index in [1.54, 1.807) is 24.3 Å². The molecule has 1 heterocycles. The van der Waals surface area contributed by atoms with E-state index in [9.17, 15) is 9.59 Å². The summed E-state index contributed by atoms with van der Waals surface area (Å²) in [6.45, 7) is 3.93. The molecule has 7 nitrogen and oxygen atoms in total. The van der Waals surface area contributed by atoms with Crippen LogP contribution in [0.5, 0.6) is 5.75 Å². The summed E-state index contributed by atoms with van der Waals surface area (Å²) in [7, 11) is 2.13. The van der Waals surface area contributed by atoms with Crippen molar-refractivity contribution in [1.29, 1.82) is 0 Å². The predicted octanol–water partition coefficient (Wildman–Crippen LogP) is 1.55. The number of benzene rings is 2. The van der Waals surface area contributed by atoms with E-state index in [2.05, 4.69) is 22.2 Å². The van der Waals surface area contributed by atoms with Crippen LogP contribution in [0.3, 0.4) is 0 Å². The van der Waals surface area contributed by atoms with Crippen LogP contribution in [-0.2, 0) is 4.79 Å². The number of carbonyl (C=O) groups excluding carboxylic acids is 2. The highest BCUT2D eigenvalue weighted by Gasteiger charge is 2.14. The Morgan fingerprint density at radius 3 is 2.22 bits per heavy atom. The molecule has 1 aliphatic rings. The molecule has 1 saturated heterocycles. The van der Waals surface area contributed by atoms with Gasteiger partial charge in [0.25, 0.3) is 11.8 Å².